The molecule has 18 heavy (non-hydrogen) atoms. The Hall–Kier alpha value is -2.31. The normalized spacial score (nSPS) is 11.9. The molecule has 3 N–H and O–H groups in total. The molecule has 0 bridgehead atoms. The van der Waals surface area contributed by atoms with Gasteiger partial charge in [0.25, 0.3) is 0 Å². The number of halogens is 2. The number of amides is 1. The minimum Gasteiger partial charge on any atom is -0.478 e. The molecule has 0 saturated carbocycles. The molecule has 5 nitrogen and oxygen atoms in total. The number of hydrogen-bond acceptors (Lipinski definition) is 3. The summed E-state index contributed by atoms with van der Waals surface area (Å²) in [6.45, 7) is 0.976. The molecule has 0 saturated heterocycles. The number of aromatic carboxylic acids is 1. The Morgan fingerprint density at radius 2 is 1.83 bits per heavy atom. The highest BCUT2D eigenvalue weighted by atomic mass is 19.1. The van der Waals surface area contributed by atoms with Gasteiger partial charge in [-0.05, 0) is 18.6 Å². The van der Waals surface area contributed by atoms with Gasteiger partial charge < -0.3 is 10.8 Å². The van der Waals surface area contributed by atoms with Crippen LogP contribution >= 0.6 is 0 Å². The summed E-state index contributed by atoms with van der Waals surface area (Å²) in [6, 6.07) is 0.967. The van der Waals surface area contributed by atoms with E-state index in [0.717, 1.165) is 6.92 Å². The van der Waals surface area contributed by atoms with Gasteiger partial charge in [-0.3, -0.25) is 9.59 Å². The van der Waals surface area contributed by atoms with Crippen molar-refractivity contribution >= 4 is 17.7 Å². The molecule has 96 valence electrons. The van der Waals surface area contributed by atoms with Crippen molar-refractivity contribution < 1.29 is 28.3 Å². The molecule has 1 rings (SSSR count). The molecule has 0 fully saturated rings. The monoisotopic (exact) mass is 257 g/mol. The average molecular weight is 257 g/mol. The Kier molecular flexibility index (Phi) is 3.75. The molecule has 0 aliphatic rings. The molecule has 0 heterocycles. The second kappa shape index (κ2) is 4.91. The lowest BCUT2D eigenvalue weighted by Gasteiger charge is -2.13. The molecule has 1 aromatic rings. The third-order valence-corrected chi connectivity index (χ3v) is 2.30. The summed E-state index contributed by atoms with van der Waals surface area (Å²) in [4.78, 5) is 33.2. The molecular weight excluding hydrogens is 248 g/mol. The predicted octanol–water partition coefficient (Wildman–Crippen LogP) is 0.821. The Morgan fingerprint density at radius 1 is 1.28 bits per heavy atom. The molecule has 1 aromatic carbocycles. The number of benzene rings is 1. The van der Waals surface area contributed by atoms with Crippen molar-refractivity contribution in [2.45, 2.75) is 12.8 Å². The van der Waals surface area contributed by atoms with Gasteiger partial charge in [-0.2, -0.15) is 0 Å². The van der Waals surface area contributed by atoms with Gasteiger partial charge in [0.1, 0.15) is 23.3 Å². The predicted molar refractivity (Wildman–Crippen MR) is 55.9 cm³/mol. The quantitative estimate of drug-likeness (QED) is 0.780. The summed E-state index contributed by atoms with van der Waals surface area (Å²) in [5.41, 5.74) is 3.42. The first kappa shape index (κ1) is 13.8. The van der Waals surface area contributed by atoms with Crippen molar-refractivity contribution in [3.63, 3.8) is 0 Å². The first-order valence-corrected chi connectivity index (χ1v) is 4.77. The summed E-state index contributed by atoms with van der Waals surface area (Å²) in [6.07, 6.45) is 0. The fourth-order valence-electron chi connectivity index (χ4n) is 1.62. The van der Waals surface area contributed by atoms with Crippen LogP contribution in [0.2, 0.25) is 0 Å². The molecule has 0 aliphatic heterocycles. The van der Waals surface area contributed by atoms with Gasteiger partial charge in [0, 0.05) is 6.07 Å². The zero-order chi connectivity index (χ0) is 14.0. The molecule has 1 atom stereocenters. The van der Waals surface area contributed by atoms with Crippen LogP contribution in [0.25, 0.3) is 0 Å². The van der Waals surface area contributed by atoms with E-state index in [1.54, 1.807) is 0 Å². The van der Waals surface area contributed by atoms with E-state index in [4.69, 9.17) is 10.8 Å². The fourth-order valence-corrected chi connectivity index (χ4v) is 1.62. The molecule has 7 heteroatoms. The molecular formula is C11H9F2NO4. The Labute approximate surface area is 100 Å². The summed E-state index contributed by atoms with van der Waals surface area (Å²) >= 11 is 0. The van der Waals surface area contributed by atoms with Crippen LogP contribution in [0.3, 0.4) is 0 Å². The van der Waals surface area contributed by atoms with E-state index in [2.05, 4.69) is 0 Å². The maximum Gasteiger partial charge on any atom is 0.339 e. The molecule has 0 aliphatic carbocycles. The Bertz CT molecular complexity index is 528. The van der Waals surface area contributed by atoms with Gasteiger partial charge >= 0.3 is 5.97 Å². The van der Waals surface area contributed by atoms with Crippen LogP contribution in [0.5, 0.6) is 0 Å². The van der Waals surface area contributed by atoms with Crippen LogP contribution in [-0.2, 0) is 9.59 Å². The fraction of sp³-hybridized carbons (Fsp3) is 0.182. The highest BCUT2D eigenvalue weighted by molar-refractivity contribution is 6.07. The maximum absolute atomic E-state index is 13.4. The van der Waals surface area contributed by atoms with Gasteiger partial charge in [0.05, 0.1) is 5.56 Å². The van der Waals surface area contributed by atoms with Gasteiger partial charge in [-0.1, -0.05) is 0 Å². The SMILES string of the molecule is CC(=O)C(C(N)=O)c1cc(F)cc(F)c1C(=O)O. The zero-order valence-corrected chi connectivity index (χ0v) is 9.24. The summed E-state index contributed by atoms with van der Waals surface area (Å²) < 4.78 is 26.4. The van der Waals surface area contributed by atoms with E-state index in [1.165, 1.54) is 0 Å². The van der Waals surface area contributed by atoms with Crippen molar-refractivity contribution in [3.05, 3.63) is 34.9 Å². The molecule has 1 amide bonds. The smallest absolute Gasteiger partial charge is 0.339 e. The van der Waals surface area contributed by atoms with E-state index in [-0.39, 0.29) is 0 Å². The first-order valence-electron chi connectivity index (χ1n) is 4.77. The number of carbonyl (C=O) groups is 3. The number of hydrogen-bond donors (Lipinski definition) is 2. The Balaban J connectivity index is 3.60. The van der Waals surface area contributed by atoms with Gasteiger partial charge in [-0.15, -0.1) is 0 Å². The molecule has 1 unspecified atom stereocenters. The van der Waals surface area contributed by atoms with Crippen molar-refractivity contribution in [2.24, 2.45) is 5.73 Å². The standard InChI is InChI=1S/C11H9F2NO4/c1-4(15)8(10(14)16)6-2-5(12)3-7(13)9(6)11(17)18/h2-3,8H,1H3,(H2,14,16)(H,17,18). The zero-order valence-electron chi connectivity index (χ0n) is 9.24. The van der Waals surface area contributed by atoms with Crippen LogP contribution in [0, 0.1) is 11.6 Å². The summed E-state index contributed by atoms with van der Waals surface area (Å²) in [5, 5.41) is 8.82. The van der Waals surface area contributed by atoms with E-state index in [0.29, 0.717) is 12.1 Å². The number of nitrogens with two attached hydrogens (primary N) is 1. The number of carbonyl (C=O) groups excluding carboxylic acids is 2. The average Bonchev–Trinajstić information content (AvgIpc) is 2.13. The van der Waals surface area contributed by atoms with Gasteiger partial charge in [0.15, 0.2) is 0 Å². The number of carboxylic acid groups (broad SMARTS) is 1. The third kappa shape index (κ3) is 2.50. The highest BCUT2D eigenvalue weighted by Crippen LogP contribution is 2.25. The Morgan fingerprint density at radius 3 is 2.22 bits per heavy atom. The van der Waals surface area contributed by atoms with E-state index in [9.17, 15) is 23.2 Å². The topological polar surface area (TPSA) is 97.5 Å². The number of ketones is 1. The van der Waals surface area contributed by atoms with Crippen LogP contribution in [0.4, 0.5) is 8.78 Å². The minimum atomic E-state index is -1.71. The van der Waals surface area contributed by atoms with Crippen LogP contribution in [-0.4, -0.2) is 22.8 Å². The molecule has 0 radical (unpaired) electrons. The maximum atomic E-state index is 13.4. The lowest BCUT2D eigenvalue weighted by Crippen LogP contribution is -2.29. The lowest BCUT2D eigenvalue weighted by molar-refractivity contribution is -0.127. The number of rotatable bonds is 4. The molecule has 0 spiro atoms. The second-order valence-corrected chi connectivity index (χ2v) is 3.60. The molecule has 0 aromatic heterocycles. The van der Waals surface area contributed by atoms with Crippen molar-refractivity contribution in [1.29, 1.82) is 0 Å². The van der Waals surface area contributed by atoms with Crippen LogP contribution in [0.1, 0.15) is 28.8 Å². The highest BCUT2D eigenvalue weighted by Gasteiger charge is 2.30. The largest absolute Gasteiger partial charge is 0.478 e. The van der Waals surface area contributed by atoms with Crippen LogP contribution < -0.4 is 5.73 Å². The number of Topliss-reactive ketones (excluding diaryl/α,β-unsaturated/α-hetero) is 1. The van der Waals surface area contributed by atoms with Crippen LogP contribution in [0.15, 0.2) is 12.1 Å². The lowest BCUT2D eigenvalue weighted by atomic mass is 9.90. The van der Waals surface area contributed by atoms with Crippen molar-refractivity contribution in [1.82, 2.24) is 0 Å². The number of carboxylic acids is 1. The summed E-state index contributed by atoms with van der Waals surface area (Å²) in [5.74, 6) is -7.84. The van der Waals surface area contributed by atoms with Crippen molar-refractivity contribution in [2.75, 3.05) is 0 Å². The van der Waals surface area contributed by atoms with Gasteiger partial charge in [0.2, 0.25) is 5.91 Å². The third-order valence-electron chi connectivity index (χ3n) is 2.30. The number of primary amides is 1. The van der Waals surface area contributed by atoms with Crippen molar-refractivity contribution in [3.8, 4) is 0 Å². The van der Waals surface area contributed by atoms with E-state index in [1.807, 2.05) is 0 Å². The van der Waals surface area contributed by atoms with Gasteiger partial charge in [-0.25, -0.2) is 13.6 Å². The first-order chi connectivity index (χ1) is 8.25. The minimum absolute atomic E-state index is 0.352. The van der Waals surface area contributed by atoms with E-state index < -0.39 is 46.3 Å². The second-order valence-electron chi connectivity index (χ2n) is 3.60. The van der Waals surface area contributed by atoms with E-state index >= 15 is 0 Å². The summed E-state index contributed by atoms with van der Waals surface area (Å²) in [7, 11) is 0.